The van der Waals surface area contributed by atoms with Crippen molar-refractivity contribution in [3.63, 3.8) is 0 Å². The molecule has 180 valence electrons. The molecule has 11 heteroatoms. The van der Waals surface area contributed by atoms with Gasteiger partial charge in [-0.15, -0.1) is 24.9 Å². The topological polar surface area (TPSA) is 91.7 Å². The van der Waals surface area contributed by atoms with E-state index in [9.17, 15) is 28.0 Å². The Bertz CT molecular complexity index is 1110. The molecule has 0 fully saturated rings. The Morgan fingerprint density at radius 2 is 1.88 bits per heavy atom. The summed E-state index contributed by atoms with van der Waals surface area (Å²) in [6.45, 7) is 5.11. The van der Waals surface area contributed by atoms with E-state index in [2.05, 4.69) is 10.1 Å². The van der Waals surface area contributed by atoms with Gasteiger partial charge in [0.2, 0.25) is 0 Å². The van der Waals surface area contributed by atoms with E-state index in [4.69, 9.17) is 4.74 Å². The van der Waals surface area contributed by atoms with E-state index in [0.717, 1.165) is 17.0 Å². The van der Waals surface area contributed by atoms with Crippen molar-refractivity contribution >= 4 is 29.4 Å². The van der Waals surface area contributed by atoms with Gasteiger partial charge in [0.05, 0.1) is 23.9 Å². The van der Waals surface area contributed by atoms with Gasteiger partial charge in [-0.25, -0.2) is 4.79 Å². The quantitative estimate of drug-likeness (QED) is 0.645. The summed E-state index contributed by atoms with van der Waals surface area (Å²) in [5, 5.41) is 11.9. The van der Waals surface area contributed by atoms with Gasteiger partial charge in [0, 0.05) is 10.6 Å². The Hall–Kier alpha value is -3.39. The van der Waals surface area contributed by atoms with Crippen LogP contribution >= 0.6 is 11.8 Å². The minimum atomic E-state index is -4.81. The van der Waals surface area contributed by atoms with Crippen molar-refractivity contribution in [3.05, 3.63) is 53.6 Å². The standard InChI is InChI=1S/C23H22F3N3O4S/c1-22(2,3)33-21(31)28-17-13-34-19-9-6-15(11-27)10-18(19)29(20(17)30)12-14-4-7-16(8-5-14)32-23(24,25)26/h4-10,17H,12-13H2,1-3H3,(H,28,31)/t17-/m0/s1. The Labute approximate surface area is 198 Å². The molecule has 0 bridgehead atoms. The average Bonchev–Trinajstić information content (AvgIpc) is 2.84. The Balaban J connectivity index is 1.90. The van der Waals surface area contributed by atoms with E-state index < -0.39 is 30.0 Å². The van der Waals surface area contributed by atoms with Gasteiger partial charge in [-0.1, -0.05) is 12.1 Å². The third-order valence-electron chi connectivity index (χ3n) is 4.54. The molecule has 2 aromatic rings. The molecule has 7 nitrogen and oxygen atoms in total. The van der Waals surface area contributed by atoms with Crippen LogP contribution in [0.5, 0.6) is 5.75 Å². The molecule has 2 amide bonds. The van der Waals surface area contributed by atoms with Gasteiger partial charge in [0.25, 0.3) is 5.91 Å². The summed E-state index contributed by atoms with van der Waals surface area (Å²) in [5.41, 5.74) is 0.581. The monoisotopic (exact) mass is 493 g/mol. The number of nitrogens with zero attached hydrogens (tertiary/aromatic N) is 2. The third kappa shape index (κ3) is 6.81. The molecule has 0 unspecified atom stereocenters. The summed E-state index contributed by atoms with van der Waals surface area (Å²) in [6, 6.07) is 11.2. The number of hydrogen-bond acceptors (Lipinski definition) is 6. The predicted octanol–water partition coefficient (Wildman–Crippen LogP) is 4.99. The first-order chi connectivity index (χ1) is 15.8. The van der Waals surface area contributed by atoms with Crippen LogP contribution in [0.15, 0.2) is 47.4 Å². The molecule has 0 saturated carbocycles. The summed E-state index contributed by atoms with van der Waals surface area (Å²) >= 11 is 1.34. The minimum Gasteiger partial charge on any atom is -0.444 e. The number of hydrogen-bond donors (Lipinski definition) is 1. The maximum atomic E-state index is 13.5. The Morgan fingerprint density at radius 1 is 1.21 bits per heavy atom. The Kier molecular flexibility index (Phi) is 7.31. The summed E-state index contributed by atoms with van der Waals surface area (Å²) in [7, 11) is 0. The van der Waals surface area contributed by atoms with Crippen LogP contribution in [0.2, 0.25) is 0 Å². The lowest BCUT2D eigenvalue weighted by Crippen LogP contribution is -2.50. The zero-order valence-electron chi connectivity index (χ0n) is 18.6. The maximum Gasteiger partial charge on any atom is 0.573 e. The molecule has 0 aliphatic carbocycles. The number of fused-ring (bicyclic) bond motifs is 1. The number of benzene rings is 2. The molecular weight excluding hydrogens is 471 g/mol. The third-order valence-corrected chi connectivity index (χ3v) is 5.69. The predicted molar refractivity (Wildman–Crippen MR) is 119 cm³/mol. The van der Waals surface area contributed by atoms with Crippen LogP contribution in [0.4, 0.5) is 23.7 Å². The van der Waals surface area contributed by atoms with Crippen LogP contribution in [0.3, 0.4) is 0 Å². The van der Waals surface area contributed by atoms with Gasteiger partial charge >= 0.3 is 12.5 Å². The summed E-state index contributed by atoms with van der Waals surface area (Å²) in [5.74, 6) is -0.597. The molecule has 1 aliphatic heterocycles. The van der Waals surface area contributed by atoms with Crippen LogP contribution in [0, 0.1) is 11.3 Å². The van der Waals surface area contributed by atoms with Crippen molar-refractivity contribution in [3.8, 4) is 11.8 Å². The highest BCUT2D eigenvalue weighted by molar-refractivity contribution is 7.99. The van der Waals surface area contributed by atoms with Crippen LogP contribution in [0.25, 0.3) is 0 Å². The molecule has 0 radical (unpaired) electrons. The summed E-state index contributed by atoms with van der Waals surface area (Å²) in [6.07, 6.45) is -5.56. The van der Waals surface area contributed by atoms with E-state index >= 15 is 0 Å². The fourth-order valence-electron chi connectivity index (χ4n) is 3.17. The van der Waals surface area contributed by atoms with Crippen molar-refractivity contribution in [2.24, 2.45) is 0 Å². The second-order valence-electron chi connectivity index (χ2n) is 8.42. The number of carbonyl (C=O) groups is 2. The lowest BCUT2D eigenvalue weighted by molar-refractivity contribution is -0.274. The number of alkyl carbamates (subject to hydrolysis) is 1. The second-order valence-corrected chi connectivity index (χ2v) is 9.48. The molecule has 1 atom stereocenters. The van der Waals surface area contributed by atoms with Crippen LogP contribution in [-0.4, -0.2) is 35.8 Å². The molecule has 34 heavy (non-hydrogen) atoms. The first-order valence-electron chi connectivity index (χ1n) is 10.2. The SMILES string of the molecule is CC(C)(C)OC(=O)N[C@H]1CSc2ccc(C#N)cc2N(Cc2ccc(OC(F)(F)F)cc2)C1=O. The van der Waals surface area contributed by atoms with E-state index in [1.165, 1.54) is 28.8 Å². The number of anilines is 1. The van der Waals surface area contributed by atoms with E-state index in [-0.39, 0.29) is 18.0 Å². The highest BCUT2D eigenvalue weighted by Crippen LogP contribution is 2.36. The van der Waals surface area contributed by atoms with E-state index in [0.29, 0.717) is 16.8 Å². The van der Waals surface area contributed by atoms with E-state index in [1.807, 2.05) is 6.07 Å². The molecule has 1 N–H and O–H groups in total. The first kappa shape index (κ1) is 25.2. The van der Waals surface area contributed by atoms with Crippen LogP contribution in [-0.2, 0) is 16.1 Å². The van der Waals surface area contributed by atoms with Crippen molar-refractivity contribution < 1.29 is 32.2 Å². The molecule has 3 rings (SSSR count). The molecule has 0 saturated heterocycles. The van der Waals surface area contributed by atoms with Gasteiger partial charge in [-0.2, -0.15) is 5.26 Å². The smallest absolute Gasteiger partial charge is 0.444 e. The lowest BCUT2D eigenvalue weighted by Gasteiger charge is -2.27. The summed E-state index contributed by atoms with van der Waals surface area (Å²) in [4.78, 5) is 27.9. The number of halogens is 3. The highest BCUT2D eigenvalue weighted by Gasteiger charge is 2.34. The summed E-state index contributed by atoms with van der Waals surface area (Å²) < 4.78 is 46.5. The zero-order chi connectivity index (χ0) is 25.1. The normalized spacial score (nSPS) is 16.2. The number of alkyl halides is 3. The van der Waals surface area contributed by atoms with Gasteiger partial charge < -0.3 is 19.7 Å². The van der Waals surface area contributed by atoms with Gasteiger partial charge in [0.1, 0.15) is 17.4 Å². The van der Waals surface area contributed by atoms with Crippen molar-refractivity contribution in [1.29, 1.82) is 5.26 Å². The number of nitrogens with one attached hydrogen (secondary N) is 1. The van der Waals surface area contributed by atoms with Crippen molar-refractivity contribution in [1.82, 2.24) is 5.32 Å². The van der Waals surface area contributed by atoms with Gasteiger partial charge in [0.15, 0.2) is 0 Å². The van der Waals surface area contributed by atoms with Crippen LogP contribution < -0.4 is 15.0 Å². The minimum absolute atomic E-state index is 0.0000710. The maximum absolute atomic E-state index is 13.5. The molecular formula is C23H22F3N3O4S. The Morgan fingerprint density at radius 3 is 2.47 bits per heavy atom. The van der Waals surface area contributed by atoms with Gasteiger partial charge in [-0.05, 0) is 56.7 Å². The number of carbonyl (C=O) groups excluding carboxylic acids is 2. The second kappa shape index (κ2) is 9.85. The molecule has 0 aromatic heterocycles. The molecule has 0 spiro atoms. The van der Waals surface area contributed by atoms with Crippen molar-refractivity contribution in [2.75, 3.05) is 10.7 Å². The number of amides is 2. The number of ether oxygens (including phenoxy) is 2. The van der Waals surface area contributed by atoms with Crippen LogP contribution in [0.1, 0.15) is 31.9 Å². The zero-order valence-corrected chi connectivity index (χ0v) is 19.4. The molecule has 2 aromatic carbocycles. The number of nitriles is 1. The molecule has 1 aliphatic rings. The highest BCUT2D eigenvalue weighted by atomic mass is 32.2. The van der Waals surface area contributed by atoms with Gasteiger partial charge in [-0.3, -0.25) is 4.79 Å². The number of thioether (sulfide) groups is 1. The first-order valence-corrected chi connectivity index (χ1v) is 11.2. The fraction of sp³-hybridized carbons (Fsp3) is 0.348. The van der Waals surface area contributed by atoms with Crippen molar-refractivity contribution in [2.45, 2.75) is 50.2 Å². The van der Waals surface area contributed by atoms with E-state index in [1.54, 1.807) is 39.0 Å². The molecule has 1 heterocycles. The lowest BCUT2D eigenvalue weighted by atomic mass is 10.1. The number of rotatable bonds is 4. The largest absolute Gasteiger partial charge is 0.573 e. The fourth-order valence-corrected chi connectivity index (χ4v) is 4.22. The average molecular weight is 494 g/mol.